The number of ketones is 1. The van der Waals surface area contributed by atoms with Gasteiger partial charge >= 0.3 is 0 Å². The van der Waals surface area contributed by atoms with Crippen LogP contribution in [0.1, 0.15) is 11.3 Å². The lowest BCUT2D eigenvalue weighted by molar-refractivity contribution is -0.110. The fourth-order valence-corrected chi connectivity index (χ4v) is 1.35. The number of carbonyl (C=O) groups excluding carboxylic acids is 1. The van der Waals surface area contributed by atoms with Crippen molar-refractivity contribution in [2.75, 3.05) is 0 Å². The molecule has 0 saturated carbocycles. The highest BCUT2D eigenvalue weighted by atomic mass is 16.3. The maximum absolute atomic E-state index is 11.5. The molecule has 17 heavy (non-hydrogen) atoms. The van der Waals surface area contributed by atoms with Crippen LogP contribution in [-0.2, 0) is 4.79 Å². The van der Waals surface area contributed by atoms with E-state index in [1.165, 1.54) is 12.2 Å². The molecule has 2 nitrogen and oxygen atoms in total. The lowest BCUT2D eigenvalue weighted by atomic mass is 10.2. The highest BCUT2D eigenvalue weighted by Gasteiger charge is 1.91. The summed E-state index contributed by atoms with van der Waals surface area (Å²) in [5.74, 6) is 0.608. The molecule has 0 spiro atoms. The van der Waals surface area contributed by atoms with Crippen LogP contribution >= 0.6 is 0 Å². The second kappa shape index (κ2) is 5.66. The summed E-state index contributed by atoms with van der Waals surface area (Å²) in [5.41, 5.74) is 1.01. The van der Waals surface area contributed by atoms with E-state index in [0.717, 1.165) is 5.56 Å². The molecule has 1 heterocycles. The lowest BCUT2D eigenvalue weighted by Crippen LogP contribution is -1.84. The number of allylic oxidation sites excluding steroid dienone is 2. The number of hydrogen-bond donors (Lipinski definition) is 0. The van der Waals surface area contributed by atoms with Gasteiger partial charge in [-0.3, -0.25) is 4.79 Å². The van der Waals surface area contributed by atoms with Crippen LogP contribution in [0.25, 0.3) is 12.2 Å². The Morgan fingerprint density at radius 1 is 0.941 bits per heavy atom. The zero-order valence-corrected chi connectivity index (χ0v) is 9.24. The highest BCUT2D eigenvalue weighted by Crippen LogP contribution is 2.04. The van der Waals surface area contributed by atoms with Crippen molar-refractivity contribution in [3.63, 3.8) is 0 Å². The molecule has 0 atom stereocenters. The van der Waals surface area contributed by atoms with Gasteiger partial charge in [-0.1, -0.05) is 36.4 Å². The molecule has 2 rings (SSSR count). The second-order valence-electron chi connectivity index (χ2n) is 3.50. The Kier molecular flexibility index (Phi) is 3.71. The minimum Gasteiger partial charge on any atom is -0.465 e. The fourth-order valence-electron chi connectivity index (χ4n) is 1.35. The Hall–Kier alpha value is -2.35. The van der Waals surface area contributed by atoms with E-state index in [-0.39, 0.29) is 5.78 Å². The van der Waals surface area contributed by atoms with E-state index >= 15 is 0 Å². The summed E-state index contributed by atoms with van der Waals surface area (Å²) in [6, 6.07) is 13.3. The maximum atomic E-state index is 11.5. The van der Waals surface area contributed by atoms with Crippen LogP contribution in [0.2, 0.25) is 0 Å². The zero-order valence-electron chi connectivity index (χ0n) is 9.24. The van der Waals surface area contributed by atoms with Gasteiger partial charge in [0.15, 0.2) is 5.78 Å². The number of rotatable bonds is 4. The molecule has 0 radical (unpaired) electrons. The molecule has 0 saturated heterocycles. The first-order chi connectivity index (χ1) is 8.34. The standard InChI is InChI=1S/C15H12O2/c16-14(10-11-15-7-4-12-17-15)9-8-13-5-2-1-3-6-13/h1-12H/b9-8-,11-10+. The van der Waals surface area contributed by atoms with Gasteiger partial charge in [-0.25, -0.2) is 0 Å². The summed E-state index contributed by atoms with van der Waals surface area (Å²) in [6.07, 6.45) is 8.03. The lowest BCUT2D eigenvalue weighted by Gasteiger charge is -1.89. The van der Waals surface area contributed by atoms with Gasteiger partial charge in [-0.15, -0.1) is 0 Å². The average molecular weight is 224 g/mol. The van der Waals surface area contributed by atoms with Crippen molar-refractivity contribution in [1.29, 1.82) is 0 Å². The molecule has 0 aliphatic rings. The molecule has 1 aromatic heterocycles. The van der Waals surface area contributed by atoms with Crippen molar-refractivity contribution in [3.8, 4) is 0 Å². The quantitative estimate of drug-likeness (QED) is 0.743. The number of furan rings is 1. The number of hydrogen-bond acceptors (Lipinski definition) is 2. The fraction of sp³-hybridized carbons (Fsp3) is 0. The molecule has 0 aliphatic carbocycles. The smallest absolute Gasteiger partial charge is 0.178 e. The predicted molar refractivity (Wildman–Crippen MR) is 68.2 cm³/mol. The van der Waals surface area contributed by atoms with Gasteiger partial charge in [0.25, 0.3) is 0 Å². The van der Waals surface area contributed by atoms with E-state index in [9.17, 15) is 4.79 Å². The Morgan fingerprint density at radius 3 is 2.41 bits per heavy atom. The van der Waals surface area contributed by atoms with Gasteiger partial charge in [-0.2, -0.15) is 0 Å². The van der Waals surface area contributed by atoms with Gasteiger partial charge in [0.05, 0.1) is 6.26 Å². The number of benzene rings is 1. The van der Waals surface area contributed by atoms with Crippen LogP contribution in [0.3, 0.4) is 0 Å². The summed E-state index contributed by atoms with van der Waals surface area (Å²) in [6.45, 7) is 0. The normalized spacial score (nSPS) is 11.3. The van der Waals surface area contributed by atoms with Crippen LogP contribution in [0.15, 0.2) is 65.3 Å². The van der Waals surface area contributed by atoms with Crippen molar-refractivity contribution < 1.29 is 9.21 Å². The van der Waals surface area contributed by atoms with Crippen molar-refractivity contribution in [3.05, 3.63) is 72.2 Å². The Balaban J connectivity index is 1.96. The van der Waals surface area contributed by atoms with Crippen molar-refractivity contribution in [2.45, 2.75) is 0 Å². The Labute approximate surface area is 99.9 Å². The number of carbonyl (C=O) groups is 1. The topological polar surface area (TPSA) is 30.2 Å². The monoisotopic (exact) mass is 224 g/mol. The second-order valence-corrected chi connectivity index (χ2v) is 3.50. The van der Waals surface area contributed by atoms with Gasteiger partial charge in [0.1, 0.15) is 5.76 Å². The van der Waals surface area contributed by atoms with Crippen LogP contribution in [-0.4, -0.2) is 5.78 Å². The molecule has 0 amide bonds. The third kappa shape index (κ3) is 3.61. The molecule has 84 valence electrons. The first-order valence-electron chi connectivity index (χ1n) is 5.33. The third-order valence-electron chi connectivity index (χ3n) is 2.19. The van der Waals surface area contributed by atoms with E-state index in [4.69, 9.17) is 4.42 Å². The molecule has 2 heteroatoms. The molecular formula is C15H12O2. The highest BCUT2D eigenvalue weighted by molar-refractivity contribution is 6.04. The molecule has 0 aliphatic heterocycles. The summed E-state index contributed by atoms with van der Waals surface area (Å²) in [5, 5.41) is 0. The summed E-state index contributed by atoms with van der Waals surface area (Å²) in [7, 11) is 0. The Bertz CT molecular complexity index is 519. The maximum Gasteiger partial charge on any atom is 0.178 e. The molecule has 0 bridgehead atoms. The zero-order chi connectivity index (χ0) is 11.9. The summed E-state index contributed by atoms with van der Waals surface area (Å²) >= 11 is 0. The third-order valence-corrected chi connectivity index (χ3v) is 2.19. The van der Waals surface area contributed by atoms with Crippen molar-refractivity contribution >= 4 is 17.9 Å². The van der Waals surface area contributed by atoms with Gasteiger partial charge in [0.2, 0.25) is 0 Å². The first kappa shape index (κ1) is 11.1. The van der Waals surface area contributed by atoms with E-state index < -0.39 is 0 Å². The molecule has 1 aromatic carbocycles. The van der Waals surface area contributed by atoms with Gasteiger partial charge in [-0.05, 0) is 35.9 Å². The van der Waals surface area contributed by atoms with E-state index in [2.05, 4.69) is 0 Å². The van der Waals surface area contributed by atoms with Crippen LogP contribution in [0.4, 0.5) is 0 Å². The molecule has 0 fully saturated rings. The van der Waals surface area contributed by atoms with Crippen LogP contribution in [0, 0.1) is 0 Å². The predicted octanol–water partition coefficient (Wildman–Crippen LogP) is 3.58. The molecule has 0 unspecified atom stereocenters. The van der Waals surface area contributed by atoms with E-state index in [0.29, 0.717) is 5.76 Å². The largest absolute Gasteiger partial charge is 0.465 e. The van der Waals surface area contributed by atoms with E-state index in [1.807, 2.05) is 30.3 Å². The van der Waals surface area contributed by atoms with E-state index in [1.54, 1.807) is 30.5 Å². The summed E-state index contributed by atoms with van der Waals surface area (Å²) in [4.78, 5) is 11.5. The first-order valence-corrected chi connectivity index (χ1v) is 5.33. The average Bonchev–Trinajstić information content (AvgIpc) is 2.88. The van der Waals surface area contributed by atoms with Crippen molar-refractivity contribution in [2.24, 2.45) is 0 Å². The molecule has 2 aromatic rings. The Morgan fingerprint density at radius 2 is 1.71 bits per heavy atom. The van der Waals surface area contributed by atoms with Crippen molar-refractivity contribution in [1.82, 2.24) is 0 Å². The summed E-state index contributed by atoms with van der Waals surface area (Å²) < 4.78 is 5.08. The van der Waals surface area contributed by atoms with Gasteiger partial charge < -0.3 is 4.42 Å². The molecular weight excluding hydrogens is 212 g/mol. The van der Waals surface area contributed by atoms with Gasteiger partial charge in [0, 0.05) is 0 Å². The molecule has 0 N–H and O–H groups in total. The minimum absolute atomic E-state index is 0.0646. The van der Waals surface area contributed by atoms with Crippen LogP contribution in [0.5, 0.6) is 0 Å². The minimum atomic E-state index is -0.0646. The van der Waals surface area contributed by atoms with Crippen LogP contribution < -0.4 is 0 Å². The SMILES string of the molecule is O=C(/C=C\c1ccccc1)/C=C/c1ccco1.